The van der Waals surface area contributed by atoms with Gasteiger partial charge in [0.15, 0.2) is 0 Å². The van der Waals surface area contributed by atoms with E-state index < -0.39 is 6.09 Å². The van der Waals surface area contributed by atoms with E-state index >= 15 is 0 Å². The minimum Gasteiger partial charge on any atom is -0.465 e. The number of rotatable bonds is 1. The van der Waals surface area contributed by atoms with E-state index in [4.69, 9.17) is 5.11 Å². The maximum atomic E-state index is 12.9. The molecule has 0 saturated carbocycles. The molecule has 0 spiro atoms. The molecule has 0 radical (unpaired) electrons. The first kappa shape index (κ1) is 12.7. The summed E-state index contributed by atoms with van der Waals surface area (Å²) >= 11 is 0. The summed E-state index contributed by atoms with van der Waals surface area (Å²) in [5.74, 6) is -0.289. The van der Waals surface area contributed by atoms with Gasteiger partial charge in [-0.3, -0.25) is 9.58 Å². The molecule has 1 N–H and O–H groups in total. The summed E-state index contributed by atoms with van der Waals surface area (Å²) in [5, 5.41) is 13.6. The highest BCUT2D eigenvalue weighted by Gasteiger charge is 2.29. The molecule has 2 heterocycles. The highest BCUT2D eigenvalue weighted by atomic mass is 19.1. The molecule has 1 unspecified atom stereocenters. The number of hydrogen-bond donors (Lipinski definition) is 1. The number of benzene rings is 1. The summed E-state index contributed by atoms with van der Waals surface area (Å²) in [6, 6.07) is 7.75. The molecule has 6 heteroatoms. The van der Waals surface area contributed by atoms with E-state index in [1.54, 1.807) is 12.1 Å². The Morgan fingerprint density at radius 2 is 2.05 bits per heavy atom. The summed E-state index contributed by atoms with van der Waals surface area (Å²) in [4.78, 5) is 12.5. The van der Waals surface area contributed by atoms with Crippen LogP contribution in [-0.4, -0.2) is 32.4 Å². The maximum absolute atomic E-state index is 12.9. The number of nitrogens with zero attached hydrogens (tertiary/aromatic N) is 3. The Morgan fingerprint density at radius 1 is 1.35 bits per heavy atom. The average molecular weight is 275 g/mol. The molecular weight excluding hydrogens is 261 g/mol. The quantitative estimate of drug-likeness (QED) is 0.870. The van der Waals surface area contributed by atoms with Crippen LogP contribution in [0.15, 0.2) is 30.3 Å². The molecule has 1 amide bonds. The molecule has 1 aliphatic rings. The molecule has 2 aromatic rings. The summed E-state index contributed by atoms with van der Waals surface area (Å²) in [5.41, 5.74) is 2.42. The van der Waals surface area contributed by atoms with Crippen molar-refractivity contribution in [2.45, 2.75) is 19.5 Å². The van der Waals surface area contributed by atoms with E-state index in [0.29, 0.717) is 13.1 Å². The van der Waals surface area contributed by atoms with Gasteiger partial charge < -0.3 is 5.11 Å². The normalized spacial score (nSPS) is 17.9. The van der Waals surface area contributed by atoms with Crippen molar-refractivity contribution in [1.82, 2.24) is 14.7 Å². The van der Waals surface area contributed by atoms with Gasteiger partial charge in [0, 0.05) is 12.1 Å². The number of fused-ring (bicyclic) bond motifs is 1. The van der Waals surface area contributed by atoms with Gasteiger partial charge in [0.2, 0.25) is 0 Å². The second-order valence-corrected chi connectivity index (χ2v) is 4.84. The summed E-state index contributed by atoms with van der Waals surface area (Å²) < 4.78 is 14.8. The zero-order chi connectivity index (χ0) is 14.3. The number of amides is 1. The average Bonchev–Trinajstić information content (AvgIpc) is 2.84. The Labute approximate surface area is 115 Å². The molecule has 20 heavy (non-hydrogen) atoms. The fourth-order valence-corrected chi connectivity index (χ4v) is 2.53. The van der Waals surface area contributed by atoms with E-state index in [1.807, 2.05) is 17.7 Å². The van der Waals surface area contributed by atoms with Crippen molar-refractivity contribution in [3.63, 3.8) is 0 Å². The van der Waals surface area contributed by atoms with Crippen LogP contribution in [0, 0.1) is 5.82 Å². The van der Waals surface area contributed by atoms with Crippen LogP contribution in [0.2, 0.25) is 0 Å². The van der Waals surface area contributed by atoms with Gasteiger partial charge in [-0.25, -0.2) is 9.18 Å². The standard InChI is InChI=1S/C14H14FN3O2/c1-9-13-8-12(10-2-4-11(15)5-3-10)16-18(13)7-6-17(9)14(19)20/h2-5,8-9H,6-7H2,1H3,(H,19,20). The second kappa shape index (κ2) is 4.63. The second-order valence-electron chi connectivity index (χ2n) is 4.84. The Balaban J connectivity index is 1.97. The first-order valence-electron chi connectivity index (χ1n) is 6.39. The van der Waals surface area contributed by atoms with Crippen molar-refractivity contribution in [3.8, 4) is 11.3 Å². The molecule has 0 saturated heterocycles. The Bertz CT molecular complexity index is 651. The van der Waals surface area contributed by atoms with Crippen molar-refractivity contribution in [3.05, 3.63) is 41.8 Å². The van der Waals surface area contributed by atoms with Crippen molar-refractivity contribution in [2.24, 2.45) is 0 Å². The number of hydrogen-bond acceptors (Lipinski definition) is 2. The van der Waals surface area contributed by atoms with Crippen LogP contribution in [0.1, 0.15) is 18.7 Å². The fourth-order valence-electron chi connectivity index (χ4n) is 2.53. The van der Waals surface area contributed by atoms with E-state index in [-0.39, 0.29) is 11.9 Å². The molecule has 1 atom stereocenters. The summed E-state index contributed by atoms with van der Waals surface area (Å²) in [6.07, 6.45) is -0.923. The zero-order valence-corrected chi connectivity index (χ0v) is 11.0. The minimum absolute atomic E-state index is 0.233. The van der Waals surface area contributed by atoms with Crippen LogP contribution in [0.5, 0.6) is 0 Å². The lowest BCUT2D eigenvalue weighted by atomic mass is 10.1. The molecule has 0 aliphatic carbocycles. The van der Waals surface area contributed by atoms with Gasteiger partial charge >= 0.3 is 6.09 Å². The van der Waals surface area contributed by atoms with E-state index in [9.17, 15) is 9.18 Å². The minimum atomic E-state index is -0.923. The van der Waals surface area contributed by atoms with Gasteiger partial charge in [0.05, 0.1) is 24.0 Å². The zero-order valence-electron chi connectivity index (χ0n) is 11.0. The number of aromatic nitrogens is 2. The Hall–Kier alpha value is -2.37. The highest BCUT2D eigenvalue weighted by Crippen LogP contribution is 2.29. The lowest BCUT2D eigenvalue weighted by molar-refractivity contribution is 0.113. The molecule has 0 fully saturated rings. The monoisotopic (exact) mass is 275 g/mol. The van der Waals surface area contributed by atoms with Crippen molar-refractivity contribution < 1.29 is 14.3 Å². The van der Waals surface area contributed by atoms with E-state index in [0.717, 1.165) is 17.0 Å². The van der Waals surface area contributed by atoms with Crippen molar-refractivity contribution >= 4 is 6.09 Å². The number of carbonyl (C=O) groups is 1. The largest absolute Gasteiger partial charge is 0.465 e. The first-order chi connectivity index (χ1) is 9.56. The van der Waals surface area contributed by atoms with Crippen molar-refractivity contribution in [1.29, 1.82) is 0 Å². The molecule has 3 rings (SSSR count). The molecule has 1 aliphatic heterocycles. The third-order valence-corrected chi connectivity index (χ3v) is 3.65. The van der Waals surface area contributed by atoms with Crippen LogP contribution in [0.25, 0.3) is 11.3 Å². The first-order valence-corrected chi connectivity index (χ1v) is 6.39. The number of carboxylic acid groups (broad SMARTS) is 1. The summed E-state index contributed by atoms with van der Waals surface area (Å²) in [6.45, 7) is 2.80. The highest BCUT2D eigenvalue weighted by molar-refractivity contribution is 5.66. The summed E-state index contributed by atoms with van der Waals surface area (Å²) in [7, 11) is 0. The van der Waals surface area contributed by atoms with Crippen LogP contribution >= 0.6 is 0 Å². The smallest absolute Gasteiger partial charge is 0.407 e. The SMILES string of the molecule is CC1c2cc(-c3ccc(F)cc3)nn2CCN1C(=O)O. The maximum Gasteiger partial charge on any atom is 0.407 e. The van der Waals surface area contributed by atoms with Gasteiger partial charge in [-0.05, 0) is 37.3 Å². The Kier molecular flexibility index (Phi) is 2.93. The molecule has 0 bridgehead atoms. The van der Waals surface area contributed by atoms with Gasteiger partial charge in [-0.1, -0.05) is 0 Å². The van der Waals surface area contributed by atoms with Gasteiger partial charge in [0.1, 0.15) is 5.82 Å². The van der Waals surface area contributed by atoms with Gasteiger partial charge in [-0.15, -0.1) is 0 Å². The Morgan fingerprint density at radius 3 is 2.70 bits per heavy atom. The predicted molar refractivity (Wildman–Crippen MR) is 70.8 cm³/mol. The van der Waals surface area contributed by atoms with Crippen LogP contribution in [0.4, 0.5) is 9.18 Å². The third-order valence-electron chi connectivity index (χ3n) is 3.65. The number of halogens is 1. The van der Waals surface area contributed by atoms with Gasteiger partial charge in [0.25, 0.3) is 0 Å². The fraction of sp³-hybridized carbons (Fsp3) is 0.286. The lowest BCUT2D eigenvalue weighted by Gasteiger charge is -2.31. The van der Waals surface area contributed by atoms with Crippen LogP contribution < -0.4 is 0 Å². The lowest BCUT2D eigenvalue weighted by Crippen LogP contribution is -2.40. The molecule has 1 aromatic carbocycles. The molecule has 1 aromatic heterocycles. The topological polar surface area (TPSA) is 58.4 Å². The van der Waals surface area contributed by atoms with Crippen molar-refractivity contribution in [2.75, 3.05) is 6.54 Å². The molecule has 5 nitrogen and oxygen atoms in total. The molecule has 104 valence electrons. The molecular formula is C14H14FN3O2. The van der Waals surface area contributed by atoms with E-state index in [2.05, 4.69) is 5.10 Å². The van der Waals surface area contributed by atoms with Crippen LogP contribution in [0.3, 0.4) is 0 Å². The van der Waals surface area contributed by atoms with E-state index in [1.165, 1.54) is 17.0 Å². The van der Waals surface area contributed by atoms with Gasteiger partial charge in [-0.2, -0.15) is 5.10 Å². The predicted octanol–water partition coefficient (Wildman–Crippen LogP) is 2.74. The van der Waals surface area contributed by atoms with Crippen LogP contribution in [-0.2, 0) is 6.54 Å². The third kappa shape index (κ3) is 2.03.